The molecule has 102 valence electrons. The molecule has 0 aliphatic heterocycles. The van der Waals surface area contributed by atoms with Crippen molar-refractivity contribution in [3.05, 3.63) is 35.5 Å². The molecule has 0 aliphatic rings. The molecule has 1 aromatic heterocycles. The van der Waals surface area contributed by atoms with Gasteiger partial charge in [-0.2, -0.15) is 0 Å². The van der Waals surface area contributed by atoms with Gasteiger partial charge in [-0.15, -0.1) is 0 Å². The summed E-state index contributed by atoms with van der Waals surface area (Å²) in [4.78, 5) is 4.40. The number of para-hydroxylation sites is 1. The Balaban J connectivity index is 2.49. The Hall–Kier alpha value is -1.06. The van der Waals surface area contributed by atoms with Crippen molar-refractivity contribution in [3.8, 4) is 5.75 Å². The Morgan fingerprint density at radius 1 is 1.11 bits per heavy atom. The highest BCUT2D eigenvalue weighted by atomic mass is 35.5. The van der Waals surface area contributed by atoms with E-state index in [1.165, 1.54) is 0 Å². The summed E-state index contributed by atoms with van der Waals surface area (Å²) < 4.78 is 6.35. The summed E-state index contributed by atoms with van der Waals surface area (Å²) in [6, 6.07) is 9.78. The van der Waals surface area contributed by atoms with E-state index in [2.05, 4.69) is 38.8 Å². The molecule has 0 aliphatic carbocycles. The van der Waals surface area contributed by atoms with E-state index in [0.717, 1.165) is 16.7 Å². The number of nitrogens with zero attached hydrogens (tertiary/aromatic N) is 1. The first kappa shape index (κ1) is 14.3. The second-order valence-corrected chi connectivity index (χ2v) is 11.4. The average molecular weight is 294 g/mol. The van der Waals surface area contributed by atoms with Crippen LogP contribution in [0.25, 0.3) is 10.9 Å². The highest BCUT2D eigenvalue weighted by molar-refractivity contribution is 6.74. The molecular formula is C15H20ClNOSi. The van der Waals surface area contributed by atoms with Crippen LogP contribution in [0.3, 0.4) is 0 Å². The normalized spacial score (nSPS) is 12.7. The Morgan fingerprint density at radius 2 is 1.79 bits per heavy atom. The predicted molar refractivity (Wildman–Crippen MR) is 84.6 cm³/mol. The lowest BCUT2D eigenvalue weighted by Crippen LogP contribution is -2.43. The Morgan fingerprint density at radius 3 is 2.42 bits per heavy atom. The zero-order valence-electron chi connectivity index (χ0n) is 12.1. The van der Waals surface area contributed by atoms with E-state index < -0.39 is 8.32 Å². The van der Waals surface area contributed by atoms with Crippen molar-refractivity contribution in [3.63, 3.8) is 0 Å². The molecule has 0 saturated heterocycles. The van der Waals surface area contributed by atoms with Crippen molar-refractivity contribution in [1.82, 2.24) is 4.98 Å². The molecule has 4 heteroatoms. The first-order chi connectivity index (χ1) is 8.71. The lowest BCUT2D eigenvalue weighted by atomic mass is 10.2. The molecule has 0 radical (unpaired) electrons. The molecule has 1 aromatic carbocycles. The van der Waals surface area contributed by atoms with Gasteiger partial charge in [-0.25, -0.2) is 4.98 Å². The van der Waals surface area contributed by atoms with Gasteiger partial charge in [-0.3, -0.25) is 0 Å². The van der Waals surface area contributed by atoms with E-state index in [9.17, 15) is 0 Å². The third-order valence-electron chi connectivity index (χ3n) is 3.82. The minimum absolute atomic E-state index is 0.160. The molecule has 0 fully saturated rings. The number of hydrogen-bond acceptors (Lipinski definition) is 2. The molecule has 0 N–H and O–H groups in total. The van der Waals surface area contributed by atoms with Crippen LogP contribution in [0.4, 0.5) is 0 Å². The van der Waals surface area contributed by atoms with Gasteiger partial charge in [0.15, 0.2) is 0 Å². The van der Waals surface area contributed by atoms with Gasteiger partial charge in [0.1, 0.15) is 16.4 Å². The maximum atomic E-state index is 6.35. The number of pyridine rings is 1. The summed E-state index contributed by atoms with van der Waals surface area (Å²) in [5, 5.41) is 1.72. The summed E-state index contributed by atoms with van der Waals surface area (Å²) in [7, 11) is -1.86. The summed E-state index contributed by atoms with van der Waals surface area (Å²) in [6.07, 6.45) is 0. The van der Waals surface area contributed by atoms with Crippen LogP contribution in [-0.2, 0) is 0 Å². The molecule has 2 rings (SSSR count). The van der Waals surface area contributed by atoms with E-state index in [1.54, 1.807) is 6.07 Å². The van der Waals surface area contributed by atoms with E-state index in [0.29, 0.717) is 5.15 Å². The Kier molecular flexibility index (Phi) is 3.62. The molecule has 0 bridgehead atoms. The average Bonchev–Trinajstić information content (AvgIpc) is 2.28. The van der Waals surface area contributed by atoms with Crippen LogP contribution < -0.4 is 4.43 Å². The smallest absolute Gasteiger partial charge is 0.250 e. The lowest BCUT2D eigenvalue weighted by molar-refractivity contribution is 0.495. The number of fused-ring (bicyclic) bond motifs is 1. The zero-order chi connectivity index (χ0) is 14.3. The van der Waals surface area contributed by atoms with Crippen molar-refractivity contribution < 1.29 is 4.43 Å². The molecule has 0 amide bonds. The lowest BCUT2D eigenvalue weighted by Gasteiger charge is -2.36. The fraction of sp³-hybridized carbons (Fsp3) is 0.400. The fourth-order valence-electron chi connectivity index (χ4n) is 1.61. The highest BCUT2D eigenvalue weighted by Gasteiger charge is 2.39. The van der Waals surface area contributed by atoms with Gasteiger partial charge in [0, 0.05) is 5.39 Å². The SMILES string of the molecule is CC(C)(C)[Si](C)(C)Oc1cccc2ccc(Cl)nc12. The molecule has 0 atom stereocenters. The summed E-state index contributed by atoms with van der Waals surface area (Å²) in [5.74, 6) is 0.839. The molecular weight excluding hydrogens is 274 g/mol. The highest BCUT2D eigenvalue weighted by Crippen LogP contribution is 2.38. The van der Waals surface area contributed by atoms with Gasteiger partial charge in [0.2, 0.25) is 0 Å². The van der Waals surface area contributed by atoms with Crippen LogP contribution in [0.1, 0.15) is 20.8 Å². The van der Waals surface area contributed by atoms with E-state index in [1.807, 2.05) is 24.3 Å². The van der Waals surface area contributed by atoms with Gasteiger partial charge in [0.05, 0.1) is 0 Å². The van der Waals surface area contributed by atoms with E-state index >= 15 is 0 Å². The largest absolute Gasteiger partial charge is 0.542 e. The van der Waals surface area contributed by atoms with Crippen LogP contribution in [0, 0.1) is 0 Å². The summed E-state index contributed by atoms with van der Waals surface area (Å²) in [5.41, 5.74) is 0.847. The van der Waals surface area contributed by atoms with Crippen molar-refractivity contribution in [2.24, 2.45) is 0 Å². The minimum atomic E-state index is -1.86. The van der Waals surface area contributed by atoms with Gasteiger partial charge >= 0.3 is 0 Å². The van der Waals surface area contributed by atoms with Gasteiger partial charge in [0.25, 0.3) is 8.32 Å². The van der Waals surface area contributed by atoms with Crippen molar-refractivity contribution in [2.45, 2.75) is 38.9 Å². The predicted octanol–water partition coefficient (Wildman–Crippen LogP) is 5.27. The first-order valence-corrected chi connectivity index (χ1v) is 9.74. The number of halogens is 1. The van der Waals surface area contributed by atoms with Gasteiger partial charge in [-0.1, -0.05) is 44.5 Å². The molecule has 0 saturated carbocycles. The minimum Gasteiger partial charge on any atom is -0.542 e. The van der Waals surface area contributed by atoms with Crippen molar-refractivity contribution in [1.29, 1.82) is 0 Å². The second kappa shape index (κ2) is 4.80. The number of benzene rings is 1. The fourth-order valence-corrected chi connectivity index (χ4v) is 2.77. The first-order valence-electron chi connectivity index (χ1n) is 6.45. The Labute approximate surface area is 120 Å². The Bertz CT molecular complexity index is 605. The third-order valence-corrected chi connectivity index (χ3v) is 8.37. The number of rotatable bonds is 2. The molecule has 2 nitrogen and oxygen atoms in total. The molecule has 1 heterocycles. The maximum absolute atomic E-state index is 6.35. The molecule has 2 aromatic rings. The van der Waals surface area contributed by atoms with Gasteiger partial charge in [-0.05, 0) is 36.3 Å². The third kappa shape index (κ3) is 2.93. The standard InChI is InChI=1S/C15H20ClNOSi/c1-15(2,3)19(4,5)18-12-8-6-7-11-9-10-13(16)17-14(11)12/h6-10H,1-5H3. The molecule has 19 heavy (non-hydrogen) atoms. The van der Waals surface area contributed by atoms with Crippen LogP contribution in [0.15, 0.2) is 30.3 Å². The second-order valence-electron chi connectivity index (χ2n) is 6.32. The van der Waals surface area contributed by atoms with Gasteiger partial charge < -0.3 is 4.43 Å². The maximum Gasteiger partial charge on any atom is 0.250 e. The molecule has 0 unspecified atom stereocenters. The monoisotopic (exact) mass is 293 g/mol. The summed E-state index contributed by atoms with van der Waals surface area (Å²) >= 11 is 6.00. The zero-order valence-corrected chi connectivity index (χ0v) is 13.9. The quantitative estimate of drug-likeness (QED) is 0.556. The topological polar surface area (TPSA) is 22.1 Å². The number of hydrogen-bond donors (Lipinski definition) is 0. The van der Waals surface area contributed by atoms with Crippen LogP contribution in [-0.4, -0.2) is 13.3 Å². The van der Waals surface area contributed by atoms with Crippen LogP contribution >= 0.6 is 11.6 Å². The van der Waals surface area contributed by atoms with Crippen molar-refractivity contribution >= 4 is 30.8 Å². The van der Waals surface area contributed by atoms with E-state index in [4.69, 9.17) is 16.0 Å². The van der Waals surface area contributed by atoms with E-state index in [-0.39, 0.29) is 5.04 Å². The number of aromatic nitrogens is 1. The van der Waals surface area contributed by atoms with Crippen molar-refractivity contribution in [2.75, 3.05) is 0 Å². The van der Waals surface area contributed by atoms with Crippen LogP contribution in [0.2, 0.25) is 23.3 Å². The molecule has 0 spiro atoms. The summed E-state index contributed by atoms with van der Waals surface area (Å²) in [6.45, 7) is 11.1. The van der Waals surface area contributed by atoms with Crippen LogP contribution in [0.5, 0.6) is 5.75 Å².